The number of hydrogen-bond donors (Lipinski definition) is 1. The number of rotatable bonds is 4. The maximum Gasteiger partial charge on any atom is 0.417 e. The van der Waals surface area contributed by atoms with E-state index < -0.39 is 11.7 Å². The smallest absolute Gasteiger partial charge is 0.314 e. The van der Waals surface area contributed by atoms with Gasteiger partial charge in [-0.3, -0.25) is 4.90 Å². The molecule has 6 heteroatoms. The number of halogens is 4. The zero-order valence-corrected chi connectivity index (χ0v) is 13.6. The first kappa shape index (κ1) is 17.6. The molecule has 1 atom stereocenters. The molecule has 22 heavy (non-hydrogen) atoms. The highest BCUT2D eigenvalue weighted by Crippen LogP contribution is 2.37. The average molecular weight is 335 g/mol. The van der Waals surface area contributed by atoms with Gasteiger partial charge in [-0.05, 0) is 30.0 Å². The van der Waals surface area contributed by atoms with E-state index in [4.69, 9.17) is 11.6 Å². The summed E-state index contributed by atoms with van der Waals surface area (Å²) in [6, 6.07) is 4.28. The van der Waals surface area contributed by atoms with Gasteiger partial charge in [0, 0.05) is 32.2 Å². The van der Waals surface area contributed by atoms with Crippen molar-refractivity contribution in [3.63, 3.8) is 0 Å². The Kier molecular flexibility index (Phi) is 5.75. The molecule has 0 aliphatic carbocycles. The molecule has 1 aliphatic heterocycles. The first-order valence-electron chi connectivity index (χ1n) is 7.60. The maximum atomic E-state index is 12.8. The quantitative estimate of drug-likeness (QED) is 0.880. The van der Waals surface area contributed by atoms with Gasteiger partial charge >= 0.3 is 6.18 Å². The number of alkyl halides is 3. The molecular weight excluding hydrogens is 313 g/mol. The largest absolute Gasteiger partial charge is 0.417 e. The molecule has 1 aromatic rings. The maximum absolute atomic E-state index is 12.8. The lowest BCUT2D eigenvalue weighted by Crippen LogP contribution is -2.45. The number of piperazine rings is 1. The van der Waals surface area contributed by atoms with Crippen LogP contribution >= 0.6 is 11.6 Å². The topological polar surface area (TPSA) is 15.3 Å². The summed E-state index contributed by atoms with van der Waals surface area (Å²) in [5, 5.41) is 3.08. The molecule has 1 aromatic carbocycles. The minimum atomic E-state index is -4.40. The van der Waals surface area contributed by atoms with Crippen LogP contribution in [0.1, 0.15) is 37.4 Å². The van der Waals surface area contributed by atoms with Gasteiger partial charge in [-0.1, -0.05) is 31.5 Å². The third-order valence-electron chi connectivity index (χ3n) is 3.97. The van der Waals surface area contributed by atoms with E-state index in [1.54, 1.807) is 6.07 Å². The Balaban J connectivity index is 2.29. The van der Waals surface area contributed by atoms with Crippen LogP contribution in [0.15, 0.2) is 18.2 Å². The molecule has 2 rings (SSSR count). The predicted octanol–water partition coefficient (Wildman–Crippen LogP) is 4.35. The molecule has 1 aliphatic rings. The van der Waals surface area contributed by atoms with Crippen molar-refractivity contribution >= 4 is 11.6 Å². The first-order valence-corrected chi connectivity index (χ1v) is 7.98. The summed E-state index contributed by atoms with van der Waals surface area (Å²) in [6.45, 7) is 7.86. The second kappa shape index (κ2) is 7.20. The van der Waals surface area contributed by atoms with E-state index in [1.807, 2.05) is 0 Å². The van der Waals surface area contributed by atoms with Crippen molar-refractivity contribution in [2.45, 2.75) is 32.5 Å². The minimum absolute atomic E-state index is 0.113. The van der Waals surface area contributed by atoms with Crippen LogP contribution in [0.4, 0.5) is 13.2 Å². The second-order valence-electron chi connectivity index (χ2n) is 6.17. The van der Waals surface area contributed by atoms with Gasteiger partial charge in [-0.25, -0.2) is 0 Å². The van der Waals surface area contributed by atoms with E-state index >= 15 is 0 Å². The molecule has 0 bridgehead atoms. The SMILES string of the molecule is CC(C)C[C@H](c1ccc(C(F)(F)F)c(Cl)c1)N1CCNCC1. The van der Waals surface area contributed by atoms with Crippen molar-refractivity contribution < 1.29 is 13.2 Å². The number of nitrogens with one attached hydrogen (secondary N) is 1. The van der Waals surface area contributed by atoms with E-state index in [2.05, 4.69) is 24.1 Å². The molecule has 0 saturated carbocycles. The number of hydrogen-bond acceptors (Lipinski definition) is 2. The van der Waals surface area contributed by atoms with Gasteiger partial charge in [0.25, 0.3) is 0 Å². The lowest BCUT2D eigenvalue weighted by atomic mass is 9.94. The fourth-order valence-electron chi connectivity index (χ4n) is 2.90. The summed E-state index contributed by atoms with van der Waals surface area (Å²) >= 11 is 5.88. The Morgan fingerprint density at radius 2 is 1.86 bits per heavy atom. The third-order valence-corrected chi connectivity index (χ3v) is 4.28. The summed E-state index contributed by atoms with van der Waals surface area (Å²) < 4.78 is 38.5. The molecule has 124 valence electrons. The standard InChI is InChI=1S/C16H22ClF3N2/c1-11(2)9-15(22-7-5-21-6-8-22)12-3-4-13(14(17)10-12)16(18,19)20/h3-4,10-11,15,21H,5-9H2,1-2H3/t15-/m1/s1. The van der Waals surface area contributed by atoms with Crippen molar-refractivity contribution in [3.05, 3.63) is 34.3 Å². The number of benzene rings is 1. The third kappa shape index (κ3) is 4.37. The summed E-state index contributed by atoms with van der Waals surface area (Å²) in [6.07, 6.45) is -3.50. The number of nitrogens with zero attached hydrogens (tertiary/aromatic N) is 1. The molecule has 1 fully saturated rings. The Morgan fingerprint density at radius 3 is 2.36 bits per heavy atom. The molecule has 2 nitrogen and oxygen atoms in total. The summed E-state index contributed by atoms with van der Waals surface area (Å²) in [7, 11) is 0. The molecule has 0 amide bonds. The van der Waals surface area contributed by atoms with Crippen LogP contribution in [0.3, 0.4) is 0 Å². The molecule has 0 radical (unpaired) electrons. The van der Waals surface area contributed by atoms with Crippen LogP contribution in [0.25, 0.3) is 0 Å². The Hall–Kier alpha value is -0.780. The zero-order valence-electron chi connectivity index (χ0n) is 12.9. The van der Waals surface area contributed by atoms with Gasteiger partial charge < -0.3 is 5.32 Å². The van der Waals surface area contributed by atoms with Crippen molar-refractivity contribution in [2.24, 2.45) is 5.92 Å². The van der Waals surface area contributed by atoms with Gasteiger partial charge in [0.05, 0.1) is 10.6 Å². The molecule has 1 heterocycles. The Labute approximate surface area is 134 Å². The van der Waals surface area contributed by atoms with Gasteiger partial charge in [-0.2, -0.15) is 13.2 Å². The minimum Gasteiger partial charge on any atom is -0.314 e. The fourth-order valence-corrected chi connectivity index (χ4v) is 3.20. The van der Waals surface area contributed by atoms with Crippen LogP contribution in [-0.4, -0.2) is 31.1 Å². The van der Waals surface area contributed by atoms with Gasteiger partial charge in [0.15, 0.2) is 0 Å². The zero-order chi connectivity index (χ0) is 16.3. The Morgan fingerprint density at radius 1 is 1.23 bits per heavy atom. The first-order chi connectivity index (χ1) is 10.3. The van der Waals surface area contributed by atoms with Crippen molar-refractivity contribution in [3.8, 4) is 0 Å². The van der Waals surface area contributed by atoms with Gasteiger partial charge in [0.1, 0.15) is 0 Å². The molecule has 0 aromatic heterocycles. The van der Waals surface area contributed by atoms with Crippen molar-refractivity contribution in [1.29, 1.82) is 0 Å². The average Bonchev–Trinajstić information content (AvgIpc) is 2.44. The summed E-state index contributed by atoms with van der Waals surface area (Å²) in [5.41, 5.74) is 0.107. The highest BCUT2D eigenvalue weighted by Gasteiger charge is 2.34. The van der Waals surface area contributed by atoms with E-state index in [-0.39, 0.29) is 11.1 Å². The lowest BCUT2D eigenvalue weighted by Gasteiger charge is -2.36. The fraction of sp³-hybridized carbons (Fsp3) is 0.625. The van der Waals surface area contributed by atoms with Crippen molar-refractivity contribution in [2.75, 3.05) is 26.2 Å². The Bertz CT molecular complexity index is 497. The second-order valence-corrected chi connectivity index (χ2v) is 6.58. The monoisotopic (exact) mass is 334 g/mol. The van der Waals surface area contributed by atoms with E-state index in [1.165, 1.54) is 6.07 Å². The van der Waals surface area contributed by atoms with Crippen LogP contribution in [0.5, 0.6) is 0 Å². The summed E-state index contributed by atoms with van der Waals surface area (Å²) in [5.74, 6) is 0.459. The molecule has 1 N–H and O–H groups in total. The van der Waals surface area contributed by atoms with Gasteiger partial charge in [0.2, 0.25) is 0 Å². The predicted molar refractivity (Wildman–Crippen MR) is 83.1 cm³/mol. The van der Waals surface area contributed by atoms with Gasteiger partial charge in [-0.15, -0.1) is 0 Å². The molecule has 0 unspecified atom stereocenters. The van der Waals surface area contributed by atoms with Crippen LogP contribution in [0, 0.1) is 5.92 Å². The van der Waals surface area contributed by atoms with E-state index in [0.29, 0.717) is 5.92 Å². The van der Waals surface area contributed by atoms with Crippen molar-refractivity contribution in [1.82, 2.24) is 10.2 Å². The lowest BCUT2D eigenvalue weighted by molar-refractivity contribution is -0.137. The summed E-state index contributed by atoms with van der Waals surface area (Å²) in [4.78, 5) is 2.33. The highest BCUT2D eigenvalue weighted by atomic mass is 35.5. The van der Waals surface area contributed by atoms with Crippen LogP contribution < -0.4 is 5.32 Å². The molecule has 0 spiro atoms. The molecule has 1 saturated heterocycles. The molecular formula is C16H22ClF3N2. The van der Waals surface area contributed by atoms with E-state index in [0.717, 1.165) is 44.2 Å². The van der Waals surface area contributed by atoms with E-state index in [9.17, 15) is 13.2 Å². The highest BCUT2D eigenvalue weighted by molar-refractivity contribution is 6.31. The van der Waals surface area contributed by atoms with Crippen LogP contribution in [-0.2, 0) is 6.18 Å². The normalized spacial score (nSPS) is 18.7. The van der Waals surface area contributed by atoms with Crippen LogP contribution in [0.2, 0.25) is 5.02 Å².